The summed E-state index contributed by atoms with van der Waals surface area (Å²) in [6.07, 6.45) is 0. The summed E-state index contributed by atoms with van der Waals surface area (Å²) in [6.45, 7) is 3.77. The van der Waals surface area contributed by atoms with Gasteiger partial charge in [0.25, 0.3) is 0 Å². The van der Waals surface area contributed by atoms with Crippen LogP contribution < -0.4 is 0 Å². The van der Waals surface area contributed by atoms with Crippen molar-refractivity contribution in [3.63, 3.8) is 0 Å². The predicted octanol–water partition coefficient (Wildman–Crippen LogP) is 3.75. The quantitative estimate of drug-likeness (QED) is 0.727. The Hall–Kier alpha value is -2.62. The highest BCUT2D eigenvalue weighted by atomic mass is 16.5. The largest absolute Gasteiger partial charge is 0.461 e. The molecular formula is C20H22O4. The van der Waals surface area contributed by atoms with Gasteiger partial charge in [-0.15, -0.1) is 0 Å². The average molecular weight is 326 g/mol. The Kier molecular flexibility index (Phi) is 6.55. The van der Waals surface area contributed by atoms with E-state index in [0.717, 1.165) is 11.1 Å². The molecule has 4 nitrogen and oxygen atoms in total. The number of rotatable bonds is 7. The van der Waals surface area contributed by atoms with Crippen LogP contribution in [0.1, 0.15) is 25.0 Å². The molecule has 0 bridgehead atoms. The van der Waals surface area contributed by atoms with Gasteiger partial charge in [0.2, 0.25) is 0 Å². The van der Waals surface area contributed by atoms with E-state index in [1.807, 2.05) is 60.7 Å². The van der Waals surface area contributed by atoms with Crippen molar-refractivity contribution in [1.29, 1.82) is 0 Å². The molecule has 0 N–H and O–H groups in total. The van der Waals surface area contributed by atoms with Crippen LogP contribution in [0.15, 0.2) is 60.7 Å². The number of esters is 2. The number of ether oxygens (including phenoxy) is 2. The van der Waals surface area contributed by atoms with Gasteiger partial charge in [0.15, 0.2) is 0 Å². The summed E-state index contributed by atoms with van der Waals surface area (Å²) in [5, 5.41) is 0. The van der Waals surface area contributed by atoms with Crippen LogP contribution in [0.2, 0.25) is 0 Å². The molecule has 0 aliphatic rings. The summed E-state index contributed by atoms with van der Waals surface area (Å²) in [5.41, 5.74) is 1.83. The second-order valence-corrected chi connectivity index (χ2v) is 5.76. The van der Waals surface area contributed by atoms with Gasteiger partial charge in [0, 0.05) is 0 Å². The molecule has 0 spiro atoms. The first-order valence-corrected chi connectivity index (χ1v) is 7.99. The van der Waals surface area contributed by atoms with E-state index in [9.17, 15) is 9.59 Å². The molecule has 0 saturated carbocycles. The standard InChI is InChI=1S/C20H22O4/c1-15(19(21)23-13-17-9-5-3-6-10-17)16(2)20(22)24-14-18-11-7-4-8-12-18/h3-12,15-16H,13-14H2,1-2H3. The lowest BCUT2D eigenvalue weighted by Crippen LogP contribution is -2.28. The van der Waals surface area contributed by atoms with Crippen LogP contribution in [0.4, 0.5) is 0 Å². The molecule has 2 unspecified atom stereocenters. The van der Waals surface area contributed by atoms with E-state index in [1.54, 1.807) is 13.8 Å². The Balaban J connectivity index is 1.80. The maximum absolute atomic E-state index is 12.1. The smallest absolute Gasteiger partial charge is 0.309 e. The van der Waals surface area contributed by atoms with Crippen molar-refractivity contribution in [3.8, 4) is 0 Å². The minimum absolute atomic E-state index is 0.204. The van der Waals surface area contributed by atoms with Crippen molar-refractivity contribution >= 4 is 11.9 Å². The third-order valence-corrected chi connectivity index (χ3v) is 3.94. The predicted molar refractivity (Wildman–Crippen MR) is 90.8 cm³/mol. The van der Waals surface area contributed by atoms with Crippen LogP contribution in [-0.4, -0.2) is 11.9 Å². The number of benzene rings is 2. The molecule has 0 aliphatic heterocycles. The first kappa shape index (κ1) is 17.7. The summed E-state index contributed by atoms with van der Waals surface area (Å²) in [6, 6.07) is 18.9. The van der Waals surface area contributed by atoms with Crippen molar-refractivity contribution in [2.45, 2.75) is 27.1 Å². The fraction of sp³-hybridized carbons (Fsp3) is 0.300. The molecule has 2 atom stereocenters. The highest BCUT2D eigenvalue weighted by Crippen LogP contribution is 2.16. The van der Waals surface area contributed by atoms with Gasteiger partial charge in [0.05, 0.1) is 11.8 Å². The van der Waals surface area contributed by atoms with Gasteiger partial charge in [-0.2, -0.15) is 0 Å². The minimum Gasteiger partial charge on any atom is -0.461 e. The minimum atomic E-state index is -0.558. The van der Waals surface area contributed by atoms with Crippen LogP contribution in [0.3, 0.4) is 0 Å². The van der Waals surface area contributed by atoms with Crippen molar-refractivity contribution in [1.82, 2.24) is 0 Å². The normalized spacial score (nSPS) is 12.9. The molecule has 0 fully saturated rings. The zero-order chi connectivity index (χ0) is 17.4. The van der Waals surface area contributed by atoms with E-state index >= 15 is 0 Å². The highest BCUT2D eigenvalue weighted by Gasteiger charge is 2.28. The van der Waals surface area contributed by atoms with Crippen molar-refractivity contribution in [2.24, 2.45) is 11.8 Å². The zero-order valence-corrected chi connectivity index (χ0v) is 14.0. The lowest BCUT2D eigenvalue weighted by atomic mass is 9.96. The number of hydrogen-bond donors (Lipinski definition) is 0. The number of carbonyl (C=O) groups is 2. The molecule has 0 heterocycles. The second-order valence-electron chi connectivity index (χ2n) is 5.76. The molecule has 0 radical (unpaired) electrons. The topological polar surface area (TPSA) is 52.6 Å². The first-order valence-electron chi connectivity index (χ1n) is 7.99. The van der Waals surface area contributed by atoms with Crippen LogP contribution in [-0.2, 0) is 32.3 Å². The molecule has 0 amide bonds. The fourth-order valence-electron chi connectivity index (χ4n) is 2.13. The van der Waals surface area contributed by atoms with Gasteiger partial charge in [-0.05, 0) is 11.1 Å². The molecule has 0 saturated heterocycles. The second kappa shape index (κ2) is 8.87. The van der Waals surface area contributed by atoms with E-state index in [4.69, 9.17) is 9.47 Å². The average Bonchev–Trinajstić information content (AvgIpc) is 2.64. The van der Waals surface area contributed by atoms with E-state index in [-0.39, 0.29) is 13.2 Å². The van der Waals surface area contributed by atoms with Gasteiger partial charge in [-0.25, -0.2) is 0 Å². The maximum atomic E-state index is 12.1. The maximum Gasteiger partial charge on any atom is 0.309 e. The Morgan fingerprint density at radius 1 is 0.708 bits per heavy atom. The van der Waals surface area contributed by atoms with Gasteiger partial charge >= 0.3 is 11.9 Å². The SMILES string of the molecule is CC(C(=O)OCc1ccccc1)C(C)C(=O)OCc1ccccc1. The van der Waals surface area contributed by atoms with Crippen molar-refractivity contribution in [2.75, 3.05) is 0 Å². The molecule has 0 aliphatic carbocycles. The van der Waals surface area contributed by atoms with E-state index in [1.165, 1.54) is 0 Å². The summed E-state index contributed by atoms with van der Waals surface area (Å²) < 4.78 is 10.6. The molecule has 24 heavy (non-hydrogen) atoms. The van der Waals surface area contributed by atoms with Crippen molar-refractivity contribution in [3.05, 3.63) is 71.8 Å². The van der Waals surface area contributed by atoms with Gasteiger partial charge in [0.1, 0.15) is 13.2 Å². The summed E-state index contributed by atoms with van der Waals surface area (Å²) in [7, 11) is 0. The third-order valence-electron chi connectivity index (χ3n) is 3.94. The van der Waals surface area contributed by atoms with E-state index in [2.05, 4.69) is 0 Å². The lowest BCUT2D eigenvalue weighted by molar-refractivity contribution is -0.160. The number of hydrogen-bond acceptors (Lipinski definition) is 4. The third kappa shape index (κ3) is 5.23. The Morgan fingerprint density at radius 3 is 1.38 bits per heavy atom. The summed E-state index contributed by atoms with van der Waals surface area (Å²) in [5.74, 6) is -1.92. The van der Waals surface area contributed by atoms with E-state index in [0.29, 0.717) is 0 Å². The molecule has 2 aromatic rings. The monoisotopic (exact) mass is 326 g/mol. The Labute approximate surface area is 142 Å². The molecule has 126 valence electrons. The van der Waals surface area contributed by atoms with Crippen LogP contribution in [0.5, 0.6) is 0 Å². The first-order chi connectivity index (χ1) is 11.6. The molecule has 4 heteroatoms. The molecule has 0 aromatic heterocycles. The van der Waals surface area contributed by atoms with Gasteiger partial charge in [-0.1, -0.05) is 74.5 Å². The van der Waals surface area contributed by atoms with Crippen LogP contribution >= 0.6 is 0 Å². The van der Waals surface area contributed by atoms with Crippen LogP contribution in [0.25, 0.3) is 0 Å². The lowest BCUT2D eigenvalue weighted by Gasteiger charge is -2.17. The highest BCUT2D eigenvalue weighted by molar-refractivity contribution is 5.81. The Bertz CT molecular complexity index is 592. The number of carbonyl (C=O) groups excluding carboxylic acids is 2. The van der Waals surface area contributed by atoms with Crippen molar-refractivity contribution < 1.29 is 19.1 Å². The molecular weight excluding hydrogens is 304 g/mol. The molecule has 2 rings (SSSR count). The summed E-state index contributed by atoms with van der Waals surface area (Å²) >= 11 is 0. The fourth-order valence-corrected chi connectivity index (χ4v) is 2.13. The summed E-state index contributed by atoms with van der Waals surface area (Å²) in [4.78, 5) is 24.2. The zero-order valence-electron chi connectivity index (χ0n) is 14.0. The van der Waals surface area contributed by atoms with Crippen LogP contribution in [0, 0.1) is 11.8 Å². The van der Waals surface area contributed by atoms with Gasteiger partial charge in [-0.3, -0.25) is 9.59 Å². The van der Waals surface area contributed by atoms with E-state index < -0.39 is 23.8 Å². The Morgan fingerprint density at radius 2 is 1.04 bits per heavy atom. The molecule has 2 aromatic carbocycles. The van der Waals surface area contributed by atoms with Gasteiger partial charge < -0.3 is 9.47 Å².